The van der Waals surface area contributed by atoms with Crippen molar-refractivity contribution < 1.29 is 36.6 Å². The number of hydroxylamine groups is 3. The zero-order valence-electron chi connectivity index (χ0n) is 20.8. The Balaban J connectivity index is 1.31. The van der Waals surface area contributed by atoms with Crippen LogP contribution in [0.4, 0.5) is 17.6 Å². The molecule has 0 spiro atoms. The van der Waals surface area contributed by atoms with E-state index in [1.165, 1.54) is 17.0 Å². The molecule has 2 aliphatic heterocycles. The van der Waals surface area contributed by atoms with Crippen LogP contribution in [0.25, 0.3) is 5.65 Å². The summed E-state index contributed by atoms with van der Waals surface area (Å²) in [6, 6.07) is 3.57. The van der Waals surface area contributed by atoms with Gasteiger partial charge >= 0.3 is 17.8 Å². The molecule has 0 aliphatic carbocycles. The first kappa shape index (κ1) is 28.3. The zero-order valence-corrected chi connectivity index (χ0v) is 22.3. The number of carbonyl (C=O) groups is 2. The van der Waals surface area contributed by atoms with E-state index < -0.39 is 40.2 Å². The second kappa shape index (κ2) is 10.6. The third kappa shape index (κ3) is 5.27. The Bertz CT molecular complexity index is 1530. The molecule has 1 aromatic carbocycles. The number of nitrogens with one attached hydrogen (secondary N) is 1. The van der Waals surface area contributed by atoms with Gasteiger partial charge in [0.1, 0.15) is 30.6 Å². The van der Waals surface area contributed by atoms with E-state index in [1.54, 1.807) is 0 Å². The normalized spacial score (nSPS) is 17.9. The highest BCUT2D eigenvalue weighted by Gasteiger charge is 2.52. The van der Waals surface area contributed by atoms with Crippen LogP contribution in [0, 0.1) is 5.82 Å². The number of carbonyl (C=O) groups excluding carboxylic acids is 2. The molecule has 40 heavy (non-hydrogen) atoms. The molecule has 0 bridgehead atoms. The molecule has 1 amide bonds. The van der Waals surface area contributed by atoms with Crippen molar-refractivity contribution in [1.29, 1.82) is 0 Å². The number of fused-ring (bicyclic) bond motifs is 1. The molecule has 0 atom stereocenters. The summed E-state index contributed by atoms with van der Waals surface area (Å²) in [7, 11) is 0. The molecule has 2 saturated heterocycles. The number of aromatic nitrogens is 4. The fourth-order valence-corrected chi connectivity index (χ4v) is 5.82. The maximum atomic E-state index is 14.8. The summed E-state index contributed by atoms with van der Waals surface area (Å²) in [6.07, 6.45) is -3.21. The predicted molar refractivity (Wildman–Crippen MR) is 133 cm³/mol. The van der Waals surface area contributed by atoms with Crippen molar-refractivity contribution in [1.82, 2.24) is 24.5 Å². The summed E-state index contributed by atoms with van der Waals surface area (Å²) < 4.78 is 54.1. The standard InChI is InChI=1S/C24H22Cl2F4N6O4/c25-18-19(26)35-20(31-18)17(32-33-23(35)39)12-13-3-4-16(27)15(11-13)21(37)34-7-5-14(6-8-34)36(9-1-2-10-36)40-22(38)24(28,29)30/h3-4,11,14H,1-2,5-10,12H2/p+1. The first-order chi connectivity index (χ1) is 18.9. The number of hydrogen-bond acceptors (Lipinski definition) is 6. The van der Waals surface area contributed by atoms with Crippen LogP contribution in [-0.2, 0) is 16.1 Å². The van der Waals surface area contributed by atoms with Crippen molar-refractivity contribution in [3.63, 3.8) is 0 Å². The molecule has 2 fully saturated rings. The van der Waals surface area contributed by atoms with E-state index in [9.17, 15) is 31.9 Å². The molecule has 10 nitrogen and oxygen atoms in total. The Morgan fingerprint density at radius 1 is 1.15 bits per heavy atom. The molecular formula is C24H23Cl2F4N6O4+. The fraction of sp³-hybridized carbons (Fsp3) is 0.458. The van der Waals surface area contributed by atoms with E-state index in [2.05, 4.69) is 15.2 Å². The molecule has 16 heteroatoms. The van der Waals surface area contributed by atoms with Gasteiger partial charge in [0.05, 0.1) is 5.56 Å². The number of amides is 1. The summed E-state index contributed by atoms with van der Waals surface area (Å²) in [5, 5.41) is 6.11. The number of nitrogens with zero attached hydrogens (tertiary/aromatic N) is 5. The molecule has 2 aliphatic rings. The summed E-state index contributed by atoms with van der Waals surface area (Å²) in [5.74, 6) is -3.55. The van der Waals surface area contributed by atoms with Gasteiger partial charge in [-0.15, -0.1) is 4.65 Å². The van der Waals surface area contributed by atoms with Gasteiger partial charge in [-0.25, -0.2) is 28.5 Å². The molecule has 1 N–H and O–H groups in total. The predicted octanol–water partition coefficient (Wildman–Crippen LogP) is 3.69. The van der Waals surface area contributed by atoms with Gasteiger partial charge in [0.25, 0.3) is 5.91 Å². The van der Waals surface area contributed by atoms with Crippen molar-refractivity contribution in [2.75, 3.05) is 26.2 Å². The lowest BCUT2D eigenvalue weighted by Gasteiger charge is -2.41. The molecule has 0 radical (unpaired) electrons. The number of H-pyrrole nitrogens is 1. The number of quaternary nitrogens is 1. The number of rotatable bonds is 5. The van der Waals surface area contributed by atoms with Crippen molar-refractivity contribution in [3.8, 4) is 0 Å². The topological polar surface area (TPSA) is 110 Å². The summed E-state index contributed by atoms with van der Waals surface area (Å²) in [6.45, 7) is 0.861. The van der Waals surface area contributed by atoms with Crippen LogP contribution in [0.15, 0.2) is 23.0 Å². The maximum Gasteiger partial charge on any atom is 0.497 e. The molecule has 5 rings (SSSR count). The molecule has 2 aromatic heterocycles. The Morgan fingerprint density at radius 2 is 1.82 bits per heavy atom. The third-order valence-corrected chi connectivity index (χ3v) is 8.11. The maximum absolute atomic E-state index is 14.8. The minimum absolute atomic E-state index is 0.0666. The summed E-state index contributed by atoms with van der Waals surface area (Å²) >= 11 is 12.0. The zero-order chi connectivity index (χ0) is 28.8. The van der Waals surface area contributed by atoms with E-state index >= 15 is 0 Å². The number of hydrogen-bond donors (Lipinski definition) is 1. The largest absolute Gasteiger partial charge is 0.497 e. The van der Waals surface area contributed by atoms with E-state index in [1.807, 2.05) is 0 Å². The van der Waals surface area contributed by atoms with Gasteiger partial charge in [0, 0.05) is 45.2 Å². The van der Waals surface area contributed by atoms with Gasteiger partial charge in [-0.3, -0.25) is 9.63 Å². The van der Waals surface area contributed by atoms with Crippen LogP contribution in [0.2, 0.25) is 10.3 Å². The summed E-state index contributed by atoms with van der Waals surface area (Å²) in [5.41, 5.74) is 0.0597. The second-order valence-corrected chi connectivity index (χ2v) is 10.5. The van der Waals surface area contributed by atoms with Crippen molar-refractivity contribution >= 4 is 40.7 Å². The van der Waals surface area contributed by atoms with E-state index in [0.29, 0.717) is 31.2 Å². The number of halogens is 6. The van der Waals surface area contributed by atoms with Gasteiger partial charge in [0.15, 0.2) is 16.0 Å². The lowest BCUT2D eigenvalue weighted by atomic mass is 10.0. The number of benzene rings is 1. The Hall–Kier alpha value is -3.23. The van der Waals surface area contributed by atoms with Crippen LogP contribution in [0.1, 0.15) is 47.3 Å². The van der Waals surface area contributed by atoms with Crippen molar-refractivity contribution in [2.24, 2.45) is 0 Å². The minimum atomic E-state index is -5.10. The fourth-order valence-electron chi connectivity index (χ4n) is 5.46. The smallest absolute Gasteiger partial charge is 0.338 e. The molecule has 0 saturated carbocycles. The van der Waals surface area contributed by atoms with Gasteiger partial charge in [-0.1, -0.05) is 29.3 Å². The molecule has 0 unspecified atom stereocenters. The van der Waals surface area contributed by atoms with Crippen LogP contribution in [-0.4, -0.2) is 79.4 Å². The molecule has 3 aromatic rings. The number of imidazole rings is 1. The highest BCUT2D eigenvalue weighted by Crippen LogP contribution is 2.33. The molecule has 4 heterocycles. The van der Waals surface area contributed by atoms with Crippen LogP contribution >= 0.6 is 23.2 Å². The first-order valence-corrected chi connectivity index (χ1v) is 13.2. The highest BCUT2D eigenvalue weighted by molar-refractivity contribution is 6.40. The quantitative estimate of drug-likeness (QED) is 0.351. The third-order valence-electron chi connectivity index (χ3n) is 7.40. The van der Waals surface area contributed by atoms with Crippen LogP contribution < -0.4 is 5.69 Å². The Labute approximate surface area is 234 Å². The molecule has 214 valence electrons. The van der Waals surface area contributed by atoms with Crippen LogP contribution in [0.5, 0.6) is 0 Å². The lowest BCUT2D eigenvalue weighted by molar-refractivity contribution is -1.10. The van der Waals surface area contributed by atoms with Crippen LogP contribution in [0.3, 0.4) is 0 Å². The second-order valence-electron chi connectivity index (χ2n) is 9.83. The molecular weight excluding hydrogens is 583 g/mol. The number of alkyl halides is 3. The van der Waals surface area contributed by atoms with E-state index in [4.69, 9.17) is 28.0 Å². The SMILES string of the molecule is O=C(c1cc(Cc2n[nH]c(=O)n3c(Cl)c(Cl)nc23)ccc1F)N1CCC([N+]2(OC(=O)C(F)(F)F)CCCC2)CC1. The van der Waals surface area contributed by atoms with Gasteiger partial charge in [-0.2, -0.15) is 18.3 Å². The van der Waals surface area contributed by atoms with Crippen molar-refractivity contribution in [3.05, 3.63) is 61.6 Å². The first-order valence-electron chi connectivity index (χ1n) is 12.5. The Kier molecular flexibility index (Phi) is 7.52. The lowest BCUT2D eigenvalue weighted by Crippen LogP contribution is -2.59. The van der Waals surface area contributed by atoms with E-state index in [-0.39, 0.29) is 59.8 Å². The summed E-state index contributed by atoms with van der Waals surface area (Å²) in [4.78, 5) is 47.5. The van der Waals surface area contributed by atoms with Gasteiger partial charge in [0.2, 0.25) is 0 Å². The monoisotopic (exact) mass is 605 g/mol. The van der Waals surface area contributed by atoms with Gasteiger partial charge < -0.3 is 4.90 Å². The highest BCUT2D eigenvalue weighted by atomic mass is 35.5. The number of likely N-dealkylation sites (tertiary alicyclic amines) is 2. The average molecular weight is 606 g/mol. The number of piperidine rings is 1. The van der Waals surface area contributed by atoms with Crippen molar-refractivity contribution in [2.45, 2.75) is 44.3 Å². The average Bonchev–Trinajstić information content (AvgIpc) is 3.51. The van der Waals surface area contributed by atoms with E-state index in [0.717, 1.165) is 10.5 Å². The number of aromatic amines is 1. The Morgan fingerprint density at radius 3 is 2.48 bits per heavy atom. The van der Waals surface area contributed by atoms with Gasteiger partial charge in [-0.05, 0) is 17.7 Å². The minimum Gasteiger partial charge on any atom is -0.338 e.